The quantitative estimate of drug-likeness (QED) is 0.0353. The molecule has 0 aromatic carbocycles. The minimum absolute atomic E-state index is 0.0332. The van der Waals surface area contributed by atoms with Crippen LogP contribution in [0.25, 0.3) is 0 Å². The van der Waals surface area contributed by atoms with Crippen molar-refractivity contribution in [2.75, 3.05) is 33.0 Å². The van der Waals surface area contributed by atoms with E-state index in [-0.39, 0.29) is 110 Å². The van der Waals surface area contributed by atoms with Gasteiger partial charge in [-0.25, -0.2) is 0 Å². The molecule has 0 aromatic rings. The minimum Gasteiger partial charge on any atom is -0.394 e. The van der Waals surface area contributed by atoms with Gasteiger partial charge in [-0.1, -0.05) is 120 Å². The Balaban J connectivity index is 0.000000232. The third-order valence-corrected chi connectivity index (χ3v) is 39.9. The Morgan fingerprint density at radius 1 is 0.324 bits per heavy atom. The number of fused-ring (bicyclic) bond motifs is 10. The summed E-state index contributed by atoms with van der Waals surface area (Å²) in [6, 6.07) is 0. The minimum atomic E-state index is -2.04. The summed E-state index contributed by atoms with van der Waals surface area (Å²) < 4.78 is 83.7. The van der Waals surface area contributed by atoms with Crippen LogP contribution in [0.4, 0.5) is 0 Å². The number of allylic oxidation sites excluding steroid dienone is 2. The highest BCUT2D eigenvalue weighted by molar-refractivity contribution is 5.34. The molecule has 6 unspecified atom stereocenters. The smallest absolute Gasteiger partial charge is 0.187 e. The SMILES string of the molecule is CC[C@@H]1O[C@@H](O[C@@H]2[C@@H](O)[C@H](O)[C@@H](O[C@H]3[C@H](O[C@H](CC[C@@H](C)C4CC[C@@]5(C)C6CC=C7C(CC[C@H](O)C7(C)C)[C@]6(C)[C@H](O)C[C@]45C)C(C)(C)O)O[C@H](CO[C@H]4O[C@H](CO)[C@@H](O)[C@H](O)[C@H]4O)[C@@H](O)[C@@H]3O)O[C@H]2CO)[C@@H](O)[C@H](O)[C@H]1O.CC[C@@H]1O[C@H](O[C@H]2[C@H](O[C@H](CC[C@@H](C)C3CC[C@@]4(C)C5CC=C6C(CC[C@H](O)C6(C)C)[C@]5(C)[C@H](O)C[C@]34C)C(C)(C)O)O[C@H](CO[C@H]3O[C@H](CO)[C@@H](O)[C@H](O)[C@H]3O)[C@@H](O)[C@@H]2O)[C@@H](O)[C@H](O)[C@H]1O. The molecule has 8 aliphatic carbocycles. The molecule has 41 nitrogen and oxygen atoms in total. The number of hydrogen-bond acceptors (Lipinski definition) is 41. The highest BCUT2D eigenvalue weighted by Gasteiger charge is 2.74. The molecule has 0 radical (unpaired) electrons. The van der Waals surface area contributed by atoms with E-state index in [1.54, 1.807) is 27.7 Å². The highest BCUT2D eigenvalue weighted by Crippen LogP contribution is 2.77. The van der Waals surface area contributed by atoms with E-state index in [1.807, 2.05) is 0 Å². The molecule has 13 fully saturated rings. The molecule has 0 bridgehead atoms. The number of aliphatic hydroxyl groups excluding tert-OH is 25. The van der Waals surface area contributed by atoms with Crippen molar-refractivity contribution in [3.8, 4) is 0 Å². The van der Waals surface area contributed by atoms with Crippen molar-refractivity contribution < 1.29 is 204 Å². The maximum atomic E-state index is 12.5. The normalized spacial score (nSPS) is 51.2. The molecule has 840 valence electrons. The van der Waals surface area contributed by atoms with Gasteiger partial charge >= 0.3 is 0 Å². The summed E-state index contributed by atoms with van der Waals surface area (Å²) >= 11 is 0. The molecule has 15 rings (SSSR count). The van der Waals surface area contributed by atoms with Crippen molar-refractivity contribution in [3.05, 3.63) is 23.3 Å². The Labute approximate surface area is 850 Å². The Hall–Kier alpha value is -2.16. The molecule has 0 aromatic heterocycles. The van der Waals surface area contributed by atoms with Crippen LogP contribution in [0.1, 0.15) is 240 Å². The van der Waals surface area contributed by atoms with Gasteiger partial charge in [0.25, 0.3) is 0 Å². The molecule has 6 saturated carbocycles. The fourth-order valence-electron chi connectivity index (χ4n) is 30.0. The fourth-order valence-corrected chi connectivity index (χ4v) is 30.0. The van der Waals surface area contributed by atoms with E-state index >= 15 is 0 Å². The maximum Gasteiger partial charge on any atom is 0.187 e. The predicted molar refractivity (Wildman–Crippen MR) is 509 cm³/mol. The monoisotopic (exact) mass is 2080 g/mol. The lowest BCUT2D eigenvalue weighted by atomic mass is 9.38. The van der Waals surface area contributed by atoms with Crippen LogP contribution in [0.3, 0.4) is 0 Å². The van der Waals surface area contributed by atoms with Crippen LogP contribution in [0.15, 0.2) is 23.3 Å². The standard InChI is InChI=1S/C55H94O23.C49H84O18/c1-10-27-35(60)38(63)43(68)48(72-27)77-45-29(21-57)74-49(44(69)41(45)66)78-46-40(65)37(62)30(22-71-47-42(67)39(64)36(61)28(20-56)73-47)75-50(46)76-34(52(5,6)70)16-11-23(2)24-17-18-53(7)31-14-12-25-26(13-15-32(58)51(25,3)4)55(31,9)33(59)19-54(24,53)8;1-10-26-33(53)36(56)40(60)43(63-26)67-41-38(58)35(55)28(21-62-42-39(59)37(57)34(54)27(20-50)64-42)65-44(41)66-32(46(5,6)61)16-11-22(2)23-17-18-47(7)29-14-12-24-25(13-15-30(51)45(24,3)4)49(29,9)31(52)19-48(23,47)8/h12,23-24,26-50,56-70H,10-11,13-22H2,1-9H3;12,22-23,25-44,50-61H,10-11,13-21H2,1-9H3/t23-,24?,26?,27+,28-,29+,30-,31?,32+,33-,34-,35+,36-,37-,38-,39+,40+,41+,42-,43+,44+,45+,46-,47+,48+,49-,50+,53+,54-,55+;22-,23?,25?,26+,27-,28-,29?,30+,31-,32-,33+,34-,35-,36-,37+,38+,39-,40+,41-,42+,43-,44+,47+,48-,49+/m11/s1. The third-order valence-electron chi connectivity index (χ3n) is 39.9. The Morgan fingerprint density at radius 2 is 0.614 bits per heavy atom. The van der Waals surface area contributed by atoms with E-state index in [0.717, 1.165) is 51.4 Å². The first-order valence-electron chi connectivity index (χ1n) is 53.4. The zero-order valence-corrected chi connectivity index (χ0v) is 87.5. The van der Waals surface area contributed by atoms with Gasteiger partial charge in [0.15, 0.2) is 44.0 Å². The molecular formula is C104H178O41. The fraction of sp³-hybridized carbons (Fsp3) is 0.962. The van der Waals surface area contributed by atoms with E-state index in [4.69, 9.17) is 66.3 Å². The molecule has 0 spiro atoms. The average molecular weight is 2080 g/mol. The van der Waals surface area contributed by atoms with Gasteiger partial charge in [0.2, 0.25) is 0 Å². The molecule has 41 heteroatoms. The van der Waals surface area contributed by atoms with Gasteiger partial charge in [-0.2, -0.15) is 0 Å². The molecular weight excluding hydrogens is 1910 g/mol. The zero-order valence-electron chi connectivity index (χ0n) is 87.5. The number of hydrogen-bond donors (Lipinski definition) is 27. The lowest BCUT2D eigenvalue weighted by molar-refractivity contribution is -0.391. The number of aliphatic hydroxyl groups is 27. The van der Waals surface area contributed by atoms with Gasteiger partial charge in [0.1, 0.15) is 159 Å². The van der Waals surface area contributed by atoms with Crippen LogP contribution >= 0.6 is 0 Å². The summed E-state index contributed by atoms with van der Waals surface area (Å²) in [7, 11) is 0. The first-order chi connectivity index (χ1) is 67.6. The molecule has 15 aliphatic rings. The summed E-state index contributed by atoms with van der Waals surface area (Å²) in [5.41, 5.74) is -2.75. The topological polar surface area (TPSA) is 675 Å². The Bertz CT molecular complexity index is 4250. The van der Waals surface area contributed by atoms with Crippen LogP contribution < -0.4 is 0 Å². The largest absolute Gasteiger partial charge is 0.394 e. The van der Waals surface area contributed by atoms with Gasteiger partial charge in [-0.3, -0.25) is 0 Å². The average Bonchev–Trinajstić information content (AvgIpc) is 1.60. The molecule has 7 aliphatic heterocycles. The second-order valence-corrected chi connectivity index (χ2v) is 49.4. The molecule has 7 saturated heterocycles. The van der Waals surface area contributed by atoms with Crippen LogP contribution in [-0.4, -0.2) is 434 Å². The van der Waals surface area contributed by atoms with Crippen molar-refractivity contribution in [2.45, 2.75) is 503 Å². The number of rotatable bonds is 31. The van der Waals surface area contributed by atoms with E-state index < -0.39 is 296 Å². The van der Waals surface area contributed by atoms with E-state index in [2.05, 4.69) is 95.2 Å². The highest BCUT2D eigenvalue weighted by atomic mass is 16.8. The van der Waals surface area contributed by atoms with E-state index in [1.165, 1.54) is 25.0 Å². The molecule has 7 heterocycles. The summed E-state index contributed by atoms with van der Waals surface area (Å²) in [5.74, 6) is 1.28. The van der Waals surface area contributed by atoms with Crippen molar-refractivity contribution in [1.82, 2.24) is 0 Å². The Morgan fingerprint density at radius 3 is 0.945 bits per heavy atom. The summed E-state index contributed by atoms with van der Waals surface area (Å²) in [5, 5.41) is 297. The molecule has 27 N–H and O–H groups in total. The van der Waals surface area contributed by atoms with E-state index in [9.17, 15) is 138 Å². The lowest BCUT2D eigenvalue weighted by Crippen LogP contribution is -2.67. The van der Waals surface area contributed by atoms with Crippen molar-refractivity contribution in [1.29, 1.82) is 0 Å². The first-order valence-corrected chi connectivity index (χ1v) is 53.4. The van der Waals surface area contributed by atoms with Gasteiger partial charge in [-0.15, -0.1) is 0 Å². The zero-order chi connectivity index (χ0) is 107. The maximum absolute atomic E-state index is 12.5. The molecule has 0 amide bonds. The van der Waals surface area contributed by atoms with Gasteiger partial charge in [-0.05, 0) is 212 Å². The molecule has 55 atom stereocenters. The second kappa shape index (κ2) is 45.1. The first kappa shape index (κ1) is 118. The summed E-state index contributed by atoms with van der Waals surface area (Å²) in [6.45, 7) is 32.9. The van der Waals surface area contributed by atoms with Crippen LogP contribution in [0.5, 0.6) is 0 Å². The molecule has 145 heavy (non-hydrogen) atoms. The van der Waals surface area contributed by atoms with Crippen LogP contribution in [0.2, 0.25) is 0 Å². The Kier molecular flexibility index (Phi) is 36.8. The summed E-state index contributed by atoms with van der Waals surface area (Å²) in [6.07, 6.45) is -45.3. The predicted octanol–water partition coefficient (Wildman–Crippen LogP) is -1.45. The van der Waals surface area contributed by atoms with Crippen LogP contribution in [-0.2, 0) is 66.3 Å². The van der Waals surface area contributed by atoms with Crippen LogP contribution in [0, 0.1) is 90.7 Å². The van der Waals surface area contributed by atoms with Crippen molar-refractivity contribution in [2.24, 2.45) is 90.7 Å². The van der Waals surface area contributed by atoms with E-state index in [0.29, 0.717) is 44.9 Å². The summed E-state index contributed by atoms with van der Waals surface area (Å²) in [4.78, 5) is 0. The van der Waals surface area contributed by atoms with Gasteiger partial charge in [0, 0.05) is 21.7 Å². The van der Waals surface area contributed by atoms with Crippen molar-refractivity contribution in [3.63, 3.8) is 0 Å². The number of ether oxygens (including phenoxy) is 14. The van der Waals surface area contributed by atoms with Gasteiger partial charge in [0.05, 0.1) is 93.1 Å². The lowest BCUT2D eigenvalue weighted by Gasteiger charge is -2.67. The van der Waals surface area contributed by atoms with Gasteiger partial charge < -0.3 is 204 Å². The van der Waals surface area contributed by atoms with Crippen molar-refractivity contribution >= 4 is 0 Å². The second-order valence-electron chi connectivity index (χ2n) is 49.4. The third kappa shape index (κ3) is 21.4.